The highest BCUT2D eigenvalue weighted by Gasteiger charge is 2.20. The zero-order valence-electron chi connectivity index (χ0n) is 12.7. The average Bonchev–Trinajstić information content (AvgIpc) is 2.41. The zero-order valence-corrected chi connectivity index (χ0v) is 13.5. The Morgan fingerprint density at radius 1 is 1.05 bits per heavy atom. The van der Waals surface area contributed by atoms with Crippen molar-refractivity contribution in [3.05, 3.63) is 58.1 Å². The Bertz CT molecular complexity index is 708. The minimum Gasteiger partial charge on any atom is -0.456 e. The zero-order chi connectivity index (χ0) is 15.6. The van der Waals surface area contributed by atoms with Crippen LogP contribution in [-0.4, -0.2) is 0 Å². The summed E-state index contributed by atoms with van der Waals surface area (Å²) >= 11 is 5.92. The number of benzene rings is 2. The second-order valence-electron chi connectivity index (χ2n) is 6.10. The molecular weight excluding hydrogens is 282 g/mol. The van der Waals surface area contributed by atoms with Gasteiger partial charge in [0.15, 0.2) is 0 Å². The summed E-state index contributed by atoms with van der Waals surface area (Å²) in [7, 11) is 0. The summed E-state index contributed by atoms with van der Waals surface area (Å²) in [5, 5.41) is 9.73. The Balaban J connectivity index is 2.48. The minimum atomic E-state index is -0.0411. The highest BCUT2D eigenvalue weighted by molar-refractivity contribution is 6.30. The molecule has 0 unspecified atom stereocenters. The van der Waals surface area contributed by atoms with Crippen LogP contribution in [0.3, 0.4) is 0 Å². The first kappa shape index (κ1) is 15.4. The molecule has 0 amide bonds. The highest BCUT2D eigenvalue weighted by Crippen LogP contribution is 2.36. The molecule has 108 valence electrons. The van der Waals surface area contributed by atoms with E-state index in [9.17, 15) is 5.26 Å². The number of rotatable bonds is 2. The largest absolute Gasteiger partial charge is 0.456 e. The molecule has 0 fully saturated rings. The molecule has 0 saturated carbocycles. The number of aryl methyl sites for hydroxylation is 1. The maximum absolute atomic E-state index is 9.21. The van der Waals surface area contributed by atoms with E-state index in [-0.39, 0.29) is 5.41 Å². The van der Waals surface area contributed by atoms with Crippen LogP contribution in [0.2, 0.25) is 5.02 Å². The smallest absolute Gasteiger partial charge is 0.145 e. The lowest BCUT2D eigenvalue weighted by Gasteiger charge is -2.23. The fourth-order valence-corrected chi connectivity index (χ4v) is 2.29. The van der Waals surface area contributed by atoms with Crippen LogP contribution < -0.4 is 4.74 Å². The predicted octanol–water partition coefficient (Wildman–Crippen LogP) is 5.61. The third-order valence-corrected chi connectivity index (χ3v) is 3.46. The molecule has 0 aliphatic carbocycles. The van der Waals surface area contributed by atoms with Crippen LogP contribution in [0.25, 0.3) is 0 Å². The van der Waals surface area contributed by atoms with Crippen molar-refractivity contribution >= 4 is 11.6 Å². The van der Waals surface area contributed by atoms with Crippen molar-refractivity contribution in [3.8, 4) is 17.6 Å². The first-order valence-electron chi connectivity index (χ1n) is 6.80. The van der Waals surface area contributed by atoms with E-state index < -0.39 is 0 Å². The van der Waals surface area contributed by atoms with Gasteiger partial charge in [0.05, 0.1) is 5.56 Å². The minimum absolute atomic E-state index is 0.0411. The molecule has 0 atom stereocenters. The van der Waals surface area contributed by atoms with Gasteiger partial charge in [0.25, 0.3) is 0 Å². The van der Waals surface area contributed by atoms with Crippen LogP contribution in [0, 0.1) is 18.3 Å². The lowest BCUT2D eigenvalue weighted by atomic mass is 9.85. The van der Waals surface area contributed by atoms with Gasteiger partial charge in [0.2, 0.25) is 0 Å². The Kier molecular flexibility index (Phi) is 4.25. The fraction of sp³-hybridized carbons (Fsp3) is 0.278. The molecule has 0 aromatic heterocycles. The second-order valence-corrected chi connectivity index (χ2v) is 6.54. The monoisotopic (exact) mass is 299 g/mol. The Hall–Kier alpha value is -1.98. The Morgan fingerprint density at radius 3 is 2.33 bits per heavy atom. The Labute approximate surface area is 130 Å². The summed E-state index contributed by atoms with van der Waals surface area (Å²) in [6.45, 7) is 8.48. The number of hydrogen-bond acceptors (Lipinski definition) is 2. The summed E-state index contributed by atoms with van der Waals surface area (Å²) in [6.07, 6.45) is 0. The molecule has 2 aromatic carbocycles. The van der Waals surface area contributed by atoms with Gasteiger partial charge in [-0.25, -0.2) is 0 Å². The van der Waals surface area contributed by atoms with Gasteiger partial charge in [0, 0.05) is 10.6 Å². The molecular formula is C18H18ClNO. The summed E-state index contributed by atoms with van der Waals surface area (Å²) in [5.74, 6) is 1.29. The number of nitriles is 1. The number of hydrogen-bond donors (Lipinski definition) is 0. The molecule has 2 aromatic rings. The van der Waals surface area contributed by atoms with Crippen LogP contribution in [0.5, 0.6) is 11.5 Å². The molecule has 0 spiro atoms. The quantitative estimate of drug-likeness (QED) is 0.722. The molecule has 2 nitrogen and oxygen atoms in total. The van der Waals surface area contributed by atoms with Crippen molar-refractivity contribution in [2.75, 3.05) is 0 Å². The molecule has 2 rings (SSSR count). The maximum Gasteiger partial charge on any atom is 0.145 e. The first-order chi connectivity index (χ1) is 9.81. The van der Waals surface area contributed by atoms with Gasteiger partial charge in [-0.3, -0.25) is 0 Å². The van der Waals surface area contributed by atoms with E-state index >= 15 is 0 Å². The fourth-order valence-electron chi connectivity index (χ4n) is 2.12. The molecule has 3 heteroatoms. The number of ether oxygens (including phenoxy) is 1. The lowest BCUT2D eigenvalue weighted by Crippen LogP contribution is -2.13. The first-order valence-corrected chi connectivity index (χ1v) is 7.17. The third-order valence-electron chi connectivity index (χ3n) is 3.23. The lowest BCUT2D eigenvalue weighted by molar-refractivity contribution is 0.454. The molecule has 0 heterocycles. The highest BCUT2D eigenvalue weighted by atomic mass is 35.5. The number of nitrogens with zero attached hydrogens (tertiary/aromatic N) is 1. The van der Waals surface area contributed by atoms with Gasteiger partial charge in [0.1, 0.15) is 17.6 Å². The van der Waals surface area contributed by atoms with E-state index in [0.717, 1.165) is 11.3 Å². The van der Waals surface area contributed by atoms with E-state index in [0.29, 0.717) is 16.3 Å². The SMILES string of the molecule is Cc1ccc(Oc2ccc(Cl)cc2C#N)c(C(C)(C)C)c1. The standard InChI is InChI=1S/C18H18ClNO/c1-12-5-7-17(15(9-12)18(2,3)4)21-16-8-6-14(19)10-13(16)11-20/h5-10H,1-4H3. The van der Waals surface area contributed by atoms with Gasteiger partial charge < -0.3 is 4.74 Å². The van der Waals surface area contributed by atoms with Crippen molar-refractivity contribution < 1.29 is 4.74 Å². The van der Waals surface area contributed by atoms with E-state index in [2.05, 4.69) is 39.8 Å². The van der Waals surface area contributed by atoms with Crippen molar-refractivity contribution in [3.63, 3.8) is 0 Å². The average molecular weight is 300 g/mol. The van der Waals surface area contributed by atoms with Gasteiger partial charge in [-0.05, 0) is 36.6 Å². The van der Waals surface area contributed by atoms with Crippen LogP contribution in [0.15, 0.2) is 36.4 Å². The second kappa shape index (κ2) is 5.79. The van der Waals surface area contributed by atoms with Crippen molar-refractivity contribution in [2.24, 2.45) is 0 Å². The molecule has 0 N–H and O–H groups in total. The van der Waals surface area contributed by atoms with Crippen LogP contribution in [-0.2, 0) is 5.41 Å². The predicted molar refractivity (Wildman–Crippen MR) is 86.1 cm³/mol. The van der Waals surface area contributed by atoms with E-state index in [4.69, 9.17) is 16.3 Å². The van der Waals surface area contributed by atoms with Gasteiger partial charge in [-0.2, -0.15) is 5.26 Å². The number of halogens is 1. The van der Waals surface area contributed by atoms with Gasteiger partial charge >= 0.3 is 0 Å². The molecule has 0 radical (unpaired) electrons. The van der Waals surface area contributed by atoms with Crippen molar-refractivity contribution in [1.29, 1.82) is 5.26 Å². The molecule has 0 saturated heterocycles. The van der Waals surface area contributed by atoms with Crippen molar-refractivity contribution in [1.82, 2.24) is 0 Å². The molecule has 0 aliphatic rings. The molecule has 21 heavy (non-hydrogen) atoms. The van der Waals surface area contributed by atoms with Crippen LogP contribution in [0.4, 0.5) is 0 Å². The topological polar surface area (TPSA) is 33.0 Å². The normalized spacial score (nSPS) is 11.0. The van der Waals surface area contributed by atoms with Crippen LogP contribution in [0.1, 0.15) is 37.5 Å². The summed E-state index contributed by atoms with van der Waals surface area (Å²) < 4.78 is 5.99. The van der Waals surface area contributed by atoms with E-state index in [1.54, 1.807) is 18.2 Å². The molecule has 0 bridgehead atoms. The van der Waals surface area contributed by atoms with Crippen LogP contribution >= 0.6 is 11.6 Å². The third kappa shape index (κ3) is 3.56. The van der Waals surface area contributed by atoms with Crippen molar-refractivity contribution in [2.45, 2.75) is 33.1 Å². The van der Waals surface area contributed by atoms with Gasteiger partial charge in [-0.15, -0.1) is 0 Å². The van der Waals surface area contributed by atoms with E-state index in [1.165, 1.54) is 5.56 Å². The van der Waals surface area contributed by atoms with E-state index in [1.807, 2.05) is 12.1 Å². The summed E-state index contributed by atoms with van der Waals surface area (Å²) in [4.78, 5) is 0. The molecule has 0 aliphatic heterocycles. The maximum atomic E-state index is 9.21. The summed E-state index contributed by atoms with van der Waals surface area (Å²) in [5.41, 5.74) is 2.69. The van der Waals surface area contributed by atoms with Gasteiger partial charge in [-0.1, -0.05) is 50.1 Å². The Morgan fingerprint density at radius 2 is 1.71 bits per heavy atom. The summed E-state index contributed by atoms with van der Waals surface area (Å²) in [6, 6.07) is 13.3.